The van der Waals surface area contributed by atoms with E-state index in [2.05, 4.69) is 26.0 Å². The largest absolute Gasteiger partial charge is 0.461 e. The van der Waals surface area contributed by atoms with Crippen molar-refractivity contribution in [1.82, 2.24) is 0 Å². The van der Waals surface area contributed by atoms with Gasteiger partial charge in [-0.1, -0.05) is 130 Å². The molecular weight excluding hydrogens is 980 g/mol. The monoisotopic (exact) mass is 1040 g/mol. The van der Waals surface area contributed by atoms with Crippen molar-refractivity contribution in [2.45, 2.75) is 71.6 Å². The average molecular weight is 1040 g/mol. The lowest BCUT2D eigenvalue weighted by atomic mass is 9.88. The first-order chi connectivity index (χ1) is 33.7. The molecule has 0 bridgehead atoms. The van der Waals surface area contributed by atoms with E-state index < -0.39 is 47.2 Å². The van der Waals surface area contributed by atoms with Crippen molar-refractivity contribution >= 4 is 64.3 Å². The minimum atomic E-state index is -1.37. The van der Waals surface area contributed by atoms with Gasteiger partial charge >= 0.3 is 41.3 Å². The molecule has 0 aromatic heterocycles. The van der Waals surface area contributed by atoms with Crippen LogP contribution in [0.2, 0.25) is 5.02 Å². The van der Waals surface area contributed by atoms with E-state index in [9.17, 15) is 37.3 Å². The fraction of sp³-hybridized carbons (Fsp3) is 0.357. The van der Waals surface area contributed by atoms with Gasteiger partial charge in [-0.25, -0.2) is 9.18 Å². The predicted octanol–water partition coefficient (Wildman–Crippen LogP) is 14.3. The minimum Gasteiger partial charge on any atom is -0.461 e. The molecule has 0 amide bonds. The zero-order valence-electron chi connectivity index (χ0n) is 41.9. The van der Waals surface area contributed by atoms with Crippen LogP contribution in [0.15, 0.2) is 121 Å². The number of Topliss-reactive ketones (excluding diaryl/α,β-unsaturated/α-hetero) is 1. The molecule has 7 unspecified atom stereocenters. The van der Waals surface area contributed by atoms with E-state index in [1.807, 2.05) is 74.5 Å². The maximum Gasteiger partial charge on any atom is 0.339 e. The summed E-state index contributed by atoms with van der Waals surface area (Å²) >= 11 is 5.94. The summed E-state index contributed by atoms with van der Waals surface area (Å²) in [6.45, 7) is 16.9. The van der Waals surface area contributed by atoms with E-state index in [-0.39, 0.29) is 43.3 Å². The van der Waals surface area contributed by atoms with Crippen molar-refractivity contribution in [3.05, 3.63) is 171 Å². The number of hydrogen-bond acceptors (Lipinski definition) is 10. The quantitative estimate of drug-likeness (QED) is 0.0339. The van der Waals surface area contributed by atoms with Crippen LogP contribution in [0, 0.1) is 12.7 Å². The van der Waals surface area contributed by atoms with E-state index in [0.29, 0.717) is 57.3 Å². The molecule has 374 valence electrons. The lowest BCUT2D eigenvalue weighted by Gasteiger charge is -2.13. The van der Waals surface area contributed by atoms with Gasteiger partial charge in [0.2, 0.25) is 0 Å². The maximum absolute atomic E-state index is 14.3. The second kappa shape index (κ2) is 28.5. The van der Waals surface area contributed by atoms with Crippen molar-refractivity contribution in [2.24, 2.45) is 0 Å². The van der Waals surface area contributed by atoms with Gasteiger partial charge in [-0.2, -0.15) is 0 Å². The van der Waals surface area contributed by atoms with Gasteiger partial charge in [0, 0.05) is 16.1 Å². The first-order valence-corrected chi connectivity index (χ1v) is 29.5. The van der Waals surface area contributed by atoms with E-state index in [1.165, 1.54) is 11.6 Å². The third-order valence-electron chi connectivity index (χ3n) is 12.1. The van der Waals surface area contributed by atoms with Gasteiger partial charge in [0.1, 0.15) is 45.6 Å². The summed E-state index contributed by atoms with van der Waals surface area (Å²) in [5, 5.41) is 0.560. The average Bonchev–Trinajstić information content (AvgIpc) is 3.63. The Morgan fingerprint density at radius 2 is 1.13 bits per heavy atom. The van der Waals surface area contributed by atoms with E-state index in [0.717, 1.165) is 34.2 Å². The van der Waals surface area contributed by atoms with Crippen LogP contribution in [0.1, 0.15) is 108 Å². The molecule has 71 heavy (non-hydrogen) atoms. The van der Waals surface area contributed by atoms with Crippen molar-refractivity contribution in [3.8, 4) is 11.1 Å². The van der Waals surface area contributed by atoms with Crippen molar-refractivity contribution in [3.63, 3.8) is 0 Å². The smallest absolute Gasteiger partial charge is 0.339 e. The highest BCUT2D eigenvalue weighted by Crippen LogP contribution is 2.44. The summed E-state index contributed by atoms with van der Waals surface area (Å²) < 4.78 is 63.1. The van der Waals surface area contributed by atoms with Crippen LogP contribution in [-0.2, 0) is 42.3 Å². The lowest BCUT2D eigenvalue weighted by molar-refractivity contribution is -0.145. The maximum atomic E-state index is 14.3. The van der Waals surface area contributed by atoms with Crippen LogP contribution < -0.4 is 0 Å². The molecule has 0 saturated carbocycles. The number of esters is 3. The molecule has 5 aromatic carbocycles. The Hall–Kier alpha value is -5.56. The van der Waals surface area contributed by atoms with E-state index in [4.69, 9.17) is 25.8 Å². The first-order valence-electron chi connectivity index (χ1n) is 23.4. The summed E-state index contributed by atoms with van der Waals surface area (Å²) in [5.41, 5.74) is 8.27. The molecule has 0 N–H and O–H groups in total. The number of ether oxygens (including phenoxy) is 3. The number of carbonyl (C=O) groups excluding carboxylic acids is 4. The minimum absolute atomic E-state index is 0.0845. The van der Waals surface area contributed by atoms with Gasteiger partial charge < -0.3 is 14.2 Å². The van der Waals surface area contributed by atoms with Gasteiger partial charge in [-0.05, 0) is 109 Å². The number of carbonyl (C=O) groups is 4. The number of halogens is 2. The summed E-state index contributed by atoms with van der Waals surface area (Å²) in [7, 11) is -3.95. The zero-order chi connectivity index (χ0) is 52.4. The van der Waals surface area contributed by atoms with Gasteiger partial charge in [-0.3, -0.25) is 14.4 Å². The molecule has 10 nitrogen and oxygen atoms in total. The van der Waals surface area contributed by atoms with Crippen LogP contribution in [0.3, 0.4) is 0 Å². The highest BCUT2D eigenvalue weighted by molar-refractivity contribution is 7.44. The predicted molar refractivity (Wildman–Crippen MR) is 284 cm³/mol. The van der Waals surface area contributed by atoms with E-state index in [1.54, 1.807) is 70.2 Å². The normalized spacial score (nSPS) is 14.5. The van der Waals surface area contributed by atoms with Crippen LogP contribution in [-0.4, -0.2) is 82.0 Å². The summed E-state index contributed by atoms with van der Waals surface area (Å²) in [6.07, 6.45) is 2.20. The van der Waals surface area contributed by atoms with Gasteiger partial charge in [0.05, 0.1) is 23.3 Å². The number of allylic oxidation sites excluding steroid dienone is 1. The highest BCUT2D eigenvalue weighted by atomic mass is 35.5. The molecule has 6 rings (SSSR count). The molecule has 0 radical (unpaired) electrons. The molecule has 7 atom stereocenters. The second-order valence-corrected chi connectivity index (χ2v) is 23.0. The molecule has 0 saturated heterocycles. The zero-order valence-corrected chi connectivity index (χ0v) is 45.3. The number of ketones is 1. The Bertz CT molecular complexity index is 2720. The molecule has 0 heterocycles. The molecule has 0 fully saturated rings. The van der Waals surface area contributed by atoms with E-state index >= 15 is 0 Å². The topological polar surface area (TPSA) is 147 Å². The molecule has 0 spiro atoms. The molecular formula is C56H64ClFO10P3+3. The third-order valence-corrected chi connectivity index (χ3v) is 14.7. The standard InChI is InChI=1S/C22H21ClO4P.C18H19FO3P.C16H24O3P/c1-13-4-9-17-18(12-13)20(22(25)27-10-11-28(3)26)14(2)19(17)21(24)15-5-7-16(23)8-6-15;1-13(18(20)22-10-11-23(2)21)15-8-9-16(17(19)12-15)14-6-4-3-5-7-14;1-5-12(2)14-6-8-15(9-7-14)13(3)16(17)19-10-11-20(4)18/h4-9,12,19H,10-11H2,1-3H3;3-9,12-13H,10-11H2,1-2H3;6-9,12-13H,5,10-11H2,1-4H3/q3*+1. The third kappa shape index (κ3) is 17.3. The summed E-state index contributed by atoms with van der Waals surface area (Å²) in [5.74, 6) is -2.47. The number of benzene rings is 5. The molecule has 1 aliphatic rings. The Balaban J connectivity index is 0.000000235. The lowest BCUT2D eigenvalue weighted by Crippen LogP contribution is -2.15. The number of rotatable bonds is 19. The van der Waals surface area contributed by atoms with Gasteiger partial charge in [-0.15, -0.1) is 0 Å². The second-order valence-electron chi connectivity index (χ2n) is 17.5. The molecule has 5 aromatic rings. The van der Waals surface area contributed by atoms with Crippen LogP contribution >= 0.6 is 35.0 Å². The number of aryl methyl sites for hydroxylation is 1. The Morgan fingerprint density at radius 1 is 0.620 bits per heavy atom. The summed E-state index contributed by atoms with van der Waals surface area (Å²) in [6, 6.07) is 34.7. The molecule has 1 aliphatic carbocycles. The summed E-state index contributed by atoms with van der Waals surface area (Å²) in [4.78, 5) is 49.8. The SMILES string of the molecule is CC(C(=O)OCC[P+](C)=O)c1ccc(-c2ccccc2)c(F)c1.CC1=C(C(=O)OCC[P+](C)=O)c2cc(C)ccc2C1C(=O)c1ccc(Cl)cc1.CCC(C)c1ccc(C(C)C(=O)OCC[P+](C)=O)cc1. The molecule has 15 heteroatoms. The van der Waals surface area contributed by atoms with Gasteiger partial charge in [0.15, 0.2) is 24.3 Å². The first kappa shape index (κ1) is 58.0. The fourth-order valence-corrected chi connectivity index (χ4v) is 8.70. The Kier molecular flexibility index (Phi) is 23.3. The molecule has 0 aliphatic heterocycles. The Morgan fingerprint density at radius 3 is 1.65 bits per heavy atom. The number of fused-ring (bicyclic) bond motifs is 1. The van der Waals surface area contributed by atoms with Crippen LogP contribution in [0.25, 0.3) is 16.7 Å². The van der Waals surface area contributed by atoms with Crippen LogP contribution in [0.4, 0.5) is 4.39 Å². The number of hydrogen-bond donors (Lipinski definition) is 0. The highest BCUT2D eigenvalue weighted by Gasteiger charge is 2.38. The van der Waals surface area contributed by atoms with Crippen molar-refractivity contribution < 1.29 is 51.5 Å². The van der Waals surface area contributed by atoms with Crippen molar-refractivity contribution in [2.75, 3.05) is 58.3 Å². The van der Waals surface area contributed by atoms with Gasteiger partial charge in [0.25, 0.3) is 0 Å². The Labute approximate surface area is 425 Å². The van der Waals surface area contributed by atoms with Crippen LogP contribution in [0.5, 0.6) is 0 Å². The van der Waals surface area contributed by atoms with Crippen molar-refractivity contribution in [1.29, 1.82) is 0 Å². The fourth-order valence-electron chi connectivity index (χ4n) is 7.53.